The van der Waals surface area contributed by atoms with Crippen molar-refractivity contribution in [3.05, 3.63) is 60.0 Å². The molecule has 4 aromatic rings. The van der Waals surface area contributed by atoms with E-state index in [0.717, 1.165) is 50.7 Å². The number of aromatic nitrogens is 4. The summed E-state index contributed by atoms with van der Waals surface area (Å²) in [5.41, 5.74) is 3.88. The largest absolute Gasteiger partial charge is 0.396 e. The number of rotatable bonds is 7. The first-order valence-corrected chi connectivity index (χ1v) is 12.2. The molecule has 0 radical (unpaired) electrons. The Morgan fingerprint density at radius 2 is 1.97 bits per heavy atom. The minimum Gasteiger partial charge on any atom is -0.396 e. The molecule has 0 aliphatic heterocycles. The zero-order chi connectivity index (χ0) is 22.8. The molecule has 1 aliphatic rings. The summed E-state index contributed by atoms with van der Waals surface area (Å²) in [6.07, 6.45) is 5.55. The van der Waals surface area contributed by atoms with E-state index >= 15 is 0 Å². The van der Waals surface area contributed by atoms with Gasteiger partial charge in [0, 0.05) is 31.6 Å². The van der Waals surface area contributed by atoms with Gasteiger partial charge in [-0.2, -0.15) is 4.98 Å². The molecular formula is C25H28N6OS. The van der Waals surface area contributed by atoms with Crippen LogP contribution in [0.25, 0.3) is 20.8 Å². The van der Waals surface area contributed by atoms with E-state index < -0.39 is 0 Å². The summed E-state index contributed by atoms with van der Waals surface area (Å²) in [6.45, 7) is 5.08. The average molecular weight is 461 g/mol. The van der Waals surface area contributed by atoms with Crippen molar-refractivity contribution in [1.29, 1.82) is 0 Å². The van der Waals surface area contributed by atoms with E-state index in [0.29, 0.717) is 24.3 Å². The fraction of sp³-hybridized carbons (Fsp3) is 0.360. The number of aryl methyl sites for hydroxylation is 1. The van der Waals surface area contributed by atoms with Crippen LogP contribution in [0, 0.1) is 18.8 Å². The van der Waals surface area contributed by atoms with Crippen LogP contribution in [0.1, 0.15) is 31.0 Å². The van der Waals surface area contributed by atoms with Gasteiger partial charge in [0.15, 0.2) is 0 Å². The van der Waals surface area contributed by atoms with Crippen LogP contribution in [0.4, 0.5) is 11.8 Å². The summed E-state index contributed by atoms with van der Waals surface area (Å²) in [5, 5.41) is 17.6. The van der Waals surface area contributed by atoms with Gasteiger partial charge in [0.2, 0.25) is 5.95 Å². The smallest absolute Gasteiger partial charge is 0.225 e. The lowest BCUT2D eigenvalue weighted by molar-refractivity contribution is 0.226. The third-order valence-corrected chi connectivity index (χ3v) is 7.38. The Labute approximate surface area is 197 Å². The zero-order valence-electron chi connectivity index (χ0n) is 18.8. The zero-order valence-corrected chi connectivity index (χ0v) is 19.6. The molecule has 0 bridgehead atoms. The summed E-state index contributed by atoms with van der Waals surface area (Å²) in [6, 6.07) is 12.4. The molecular weight excluding hydrogens is 432 g/mol. The molecule has 7 nitrogen and oxygen atoms in total. The average Bonchev–Trinajstić information content (AvgIpc) is 3.41. The fourth-order valence-corrected chi connectivity index (χ4v) is 5.64. The highest BCUT2D eigenvalue weighted by Crippen LogP contribution is 2.39. The van der Waals surface area contributed by atoms with Gasteiger partial charge in [-0.3, -0.25) is 4.98 Å². The number of benzene rings is 1. The lowest BCUT2D eigenvalue weighted by Gasteiger charge is -2.21. The maximum absolute atomic E-state index is 9.67. The van der Waals surface area contributed by atoms with Gasteiger partial charge in [0.05, 0.1) is 21.5 Å². The molecule has 3 heterocycles. The Balaban J connectivity index is 1.50. The molecule has 8 heteroatoms. The van der Waals surface area contributed by atoms with Gasteiger partial charge in [-0.1, -0.05) is 25.1 Å². The molecule has 1 fully saturated rings. The van der Waals surface area contributed by atoms with Gasteiger partial charge in [-0.15, -0.1) is 11.3 Å². The van der Waals surface area contributed by atoms with Crippen molar-refractivity contribution in [1.82, 2.24) is 19.9 Å². The molecule has 33 heavy (non-hydrogen) atoms. The standard InChI is InChI=1S/C25H28N6OS/c1-15-10-18(14-32)11-20(15)29-23-22(24-30-19-7-3-4-8-21(19)33-24)16(2)28-25(31-23)27-13-17-6-5-9-26-12-17/h3-9,12,15,18,20,32H,10-11,13-14H2,1-2H3,(H2,27,28,29,31)/t15-,18-,20-/m1/s1. The van der Waals surface area contributed by atoms with Gasteiger partial charge in [0.1, 0.15) is 10.8 Å². The molecule has 3 N–H and O–H groups in total. The Kier molecular flexibility index (Phi) is 6.20. The lowest BCUT2D eigenvalue weighted by atomic mass is 10.1. The van der Waals surface area contributed by atoms with Crippen LogP contribution in [0.5, 0.6) is 0 Å². The van der Waals surface area contributed by atoms with E-state index in [1.165, 1.54) is 0 Å². The molecule has 3 aromatic heterocycles. The number of fused-ring (bicyclic) bond motifs is 1. The van der Waals surface area contributed by atoms with Crippen molar-refractivity contribution in [2.45, 2.75) is 39.3 Å². The van der Waals surface area contributed by atoms with Crippen LogP contribution in [0.3, 0.4) is 0 Å². The van der Waals surface area contributed by atoms with Gasteiger partial charge in [-0.05, 0) is 55.4 Å². The molecule has 3 atom stereocenters. The number of thiazole rings is 1. The normalized spacial score (nSPS) is 20.3. The van der Waals surface area contributed by atoms with Crippen molar-refractivity contribution < 1.29 is 5.11 Å². The Morgan fingerprint density at radius 3 is 2.73 bits per heavy atom. The van der Waals surface area contributed by atoms with Crippen LogP contribution in [-0.2, 0) is 6.54 Å². The van der Waals surface area contributed by atoms with E-state index in [2.05, 4.69) is 28.6 Å². The fourth-order valence-electron chi connectivity index (χ4n) is 4.58. The van der Waals surface area contributed by atoms with Crippen molar-refractivity contribution in [2.75, 3.05) is 17.2 Å². The van der Waals surface area contributed by atoms with Gasteiger partial charge in [-0.25, -0.2) is 9.97 Å². The first-order chi connectivity index (χ1) is 16.1. The number of nitrogens with one attached hydrogen (secondary N) is 2. The van der Waals surface area contributed by atoms with Crippen LogP contribution < -0.4 is 10.6 Å². The SMILES string of the molecule is Cc1nc(NCc2cccnc2)nc(N[C@@H]2C[C@H](CO)C[C@H]2C)c1-c1nc2ccccc2s1. The summed E-state index contributed by atoms with van der Waals surface area (Å²) in [4.78, 5) is 18.7. The lowest BCUT2D eigenvalue weighted by Crippen LogP contribution is -2.24. The summed E-state index contributed by atoms with van der Waals surface area (Å²) < 4.78 is 1.14. The van der Waals surface area contributed by atoms with Gasteiger partial charge < -0.3 is 15.7 Å². The third-order valence-electron chi connectivity index (χ3n) is 6.33. The first-order valence-electron chi connectivity index (χ1n) is 11.4. The van der Waals surface area contributed by atoms with E-state index in [1.54, 1.807) is 17.5 Å². The second-order valence-corrected chi connectivity index (χ2v) is 9.84. The number of pyridine rings is 1. The number of para-hydroxylation sites is 1. The summed E-state index contributed by atoms with van der Waals surface area (Å²) in [7, 11) is 0. The van der Waals surface area contributed by atoms with Crippen LogP contribution in [-0.4, -0.2) is 37.7 Å². The molecule has 1 aromatic carbocycles. The van der Waals surface area contributed by atoms with E-state index in [1.807, 2.05) is 43.5 Å². The van der Waals surface area contributed by atoms with Crippen LogP contribution >= 0.6 is 11.3 Å². The van der Waals surface area contributed by atoms with Crippen LogP contribution in [0.2, 0.25) is 0 Å². The molecule has 170 valence electrons. The van der Waals surface area contributed by atoms with Crippen LogP contribution in [0.15, 0.2) is 48.8 Å². The van der Waals surface area contributed by atoms with Gasteiger partial charge >= 0.3 is 0 Å². The third kappa shape index (κ3) is 4.67. The summed E-state index contributed by atoms with van der Waals surface area (Å²) >= 11 is 1.66. The highest BCUT2D eigenvalue weighted by molar-refractivity contribution is 7.21. The van der Waals surface area contributed by atoms with Gasteiger partial charge in [0.25, 0.3) is 0 Å². The predicted molar refractivity (Wildman–Crippen MR) is 133 cm³/mol. The minimum absolute atomic E-state index is 0.230. The maximum Gasteiger partial charge on any atom is 0.225 e. The highest BCUT2D eigenvalue weighted by Gasteiger charge is 2.32. The Morgan fingerprint density at radius 1 is 1.09 bits per heavy atom. The first kappa shape index (κ1) is 21.7. The number of nitrogens with zero attached hydrogens (tertiary/aromatic N) is 4. The maximum atomic E-state index is 9.67. The number of anilines is 2. The van der Waals surface area contributed by atoms with Crippen molar-refractivity contribution in [3.63, 3.8) is 0 Å². The Bertz CT molecular complexity index is 1210. The van der Waals surface area contributed by atoms with E-state index in [9.17, 15) is 5.11 Å². The minimum atomic E-state index is 0.230. The number of hydrogen-bond donors (Lipinski definition) is 3. The van der Waals surface area contributed by atoms with E-state index in [4.69, 9.17) is 15.0 Å². The molecule has 0 saturated heterocycles. The second-order valence-electron chi connectivity index (χ2n) is 8.81. The molecule has 1 saturated carbocycles. The highest BCUT2D eigenvalue weighted by atomic mass is 32.1. The second kappa shape index (κ2) is 9.41. The monoisotopic (exact) mass is 460 g/mol. The van der Waals surface area contributed by atoms with Crippen molar-refractivity contribution in [3.8, 4) is 10.6 Å². The Hall–Kier alpha value is -3.10. The molecule has 5 rings (SSSR count). The topological polar surface area (TPSA) is 95.9 Å². The molecule has 0 amide bonds. The molecule has 0 spiro atoms. The van der Waals surface area contributed by atoms with Crippen molar-refractivity contribution >= 4 is 33.3 Å². The molecule has 0 unspecified atom stereocenters. The number of aliphatic hydroxyl groups excluding tert-OH is 1. The number of hydrogen-bond acceptors (Lipinski definition) is 8. The quantitative estimate of drug-likeness (QED) is 0.361. The summed E-state index contributed by atoms with van der Waals surface area (Å²) in [5.74, 6) is 2.15. The molecule has 1 aliphatic carbocycles. The van der Waals surface area contributed by atoms with Crippen molar-refractivity contribution in [2.24, 2.45) is 11.8 Å². The predicted octanol–water partition coefficient (Wildman–Crippen LogP) is 4.89. The van der Waals surface area contributed by atoms with E-state index in [-0.39, 0.29) is 12.6 Å². The number of aliphatic hydroxyl groups is 1.